The molecule has 0 unspecified atom stereocenters. The monoisotopic (exact) mass is 180 g/mol. The fourth-order valence-corrected chi connectivity index (χ4v) is 2.47. The lowest BCUT2D eigenvalue weighted by atomic mass is 9.99. The zero-order valence-corrected chi connectivity index (χ0v) is 8.43. The van der Waals surface area contributed by atoms with Gasteiger partial charge in [-0.2, -0.15) is 0 Å². The Bertz CT molecular complexity index is 176. The lowest BCUT2D eigenvalue weighted by molar-refractivity contribution is -0.120. The Labute approximate surface area is 80.9 Å². The molecule has 2 aliphatic rings. The Morgan fingerprint density at radius 1 is 1.08 bits per heavy atom. The van der Waals surface area contributed by atoms with Crippen molar-refractivity contribution in [2.75, 3.05) is 0 Å². The summed E-state index contributed by atoms with van der Waals surface area (Å²) in [5.41, 5.74) is 0. The van der Waals surface area contributed by atoms with E-state index in [0.29, 0.717) is 11.7 Å². The SMILES string of the molecule is O=C(CCCC1CCCC1)C1CC1. The van der Waals surface area contributed by atoms with Gasteiger partial charge in [0.2, 0.25) is 0 Å². The van der Waals surface area contributed by atoms with E-state index in [-0.39, 0.29) is 0 Å². The first kappa shape index (κ1) is 9.23. The molecule has 0 heterocycles. The van der Waals surface area contributed by atoms with Gasteiger partial charge in [0.1, 0.15) is 5.78 Å². The quantitative estimate of drug-likeness (QED) is 0.634. The van der Waals surface area contributed by atoms with Crippen LogP contribution in [0.15, 0.2) is 0 Å². The Balaban J connectivity index is 1.54. The van der Waals surface area contributed by atoms with Gasteiger partial charge in [0.05, 0.1) is 0 Å². The summed E-state index contributed by atoms with van der Waals surface area (Å²) in [5, 5.41) is 0. The van der Waals surface area contributed by atoms with Crippen molar-refractivity contribution in [1.29, 1.82) is 0 Å². The maximum Gasteiger partial charge on any atom is 0.135 e. The van der Waals surface area contributed by atoms with E-state index in [1.54, 1.807) is 0 Å². The fourth-order valence-electron chi connectivity index (χ4n) is 2.47. The number of hydrogen-bond donors (Lipinski definition) is 0. The van der Waals surface area contributed by atoms with Crippen LogP contribution < -0.4 is 0 Å². The van der Waals surface area contributed by atoms with Crippen molar-refractivity contribution in [2.24, 2.45) is 11.8 Å². The van der Waals surface area contributed by atoms with Gasteiger partial charge in [-0.25, -0.2) is 0 Å². The molecular formula is C12H20O. The zero-order chi connectivity index (χ0) is 9.10. The van der Waals surface area contributed by atoms with Crippen LogP contribution in [0.5, 0.6) is 0 Å². The van der Waals surface area contributed by atoms with E-state index in [1.807, 2.05) is 0 Å². The van der Waals surface area contributed by atoms with Crippen LogP contribution in [-0.4, -0.2) is 5.78 Å². The van der Waals surface area contributed by atoms with Gasteiger partial charge in [-0.3, -0.25) is 4.79 Å². The number of carbonyl (C=O) groups excluding carboxylic acids is 1. The maximum atomic E-state index is 11.4. The van der Waals surface area contributed by atoms with Crippen LogP contribution in [0.2, 0.25) is 0 Å². The van der Waals surface area contributed by atoms with E-state index in [1.165, 1.54) is 51.4 Å². The minimum Gasteiger partial charge on any atom is -0.299 e. The van der Waals surface area contributed by atoms with E-state index in [0.717, 1.165) is 12.3 Å². The normalized spacial score (nSPS) is 23.7. The Hall–Kier alpha value is -0.330. The average Bonchev–Trinajstić information content (AvgIpc) is 2.86. The van der Waals surface area contributed by atoms with Gasteiger partial charge in [0.25, 0.3) is 0 Å². The summed E-state index contributed by atoms with van der Waals surface area (Å²) in [6.45, 7) is 0. The van der Waals surface area contributed by atoms with Crippen LogP contribution in [0.25, 0.3) is 0 Å². The lowest BCUT2D eigenvalue weighted by Crippen LogP contribution is -2.01. The molecule has 2 saturated carbocycles. The highest BCUT2D eigenvalue weighted by molar-refractivity contribution is 5.82. The van der Waals surface area contributed by atoms with Gasteiger partial charge >= 0.3 is 0 Å². The van der Waals surface area contributed by atoms with Gasteiger partial charge in [0, 0.05) is 12.3 Å². The number of rotatable bonds is 5. The molecule has 0 aromatic carbocycles. The Morgan fingerprint density at radius 3 is 2.38 bits per heavy atom. The summed E-state index contributed by atoms with van der Waals surface area (Å²) in [7, 11) is 0. The van der Waals surface area contributed by atoms with Crippen molar-refractivity contribution in [3.8, 4) is 0 Å². The summed E-state index contributed by atoms with van der Waals surface area (Å²) >= 11 is 0. The minimum absolute atomic E-state index is 0.489. The molecule has 0 atom stereocenters. The molecule has 0 saturated heterocycles. The van der Waals surface area contributed by atoms with Crippen molar-refractivity contribution in [2.45, 2.75) is 57.8 Å². The van der Waals surface area contributed by atoms with Crippen LogP contribution in [0.4, 0.5) is 0 Å². The highest BCUT2D eigenvalue weighted by atomic mass is 16.1. The molecule has 13 heavy (non-hydrogen) atoms. The van der Waals surface area contributed by atoms with E-state index in [4.69, 9.17) is 0 Å². The summed E-state index contributed by atoms with van der Waals surface area (Å²) in [6, 6.07) is 0. The molecule has 2 fully saturated rings. The molecule has 0 bridgehead atoms. The predicted molar refractivity (Wildman–Crippen MR) is 53.5 cm³/mol. The molecule has 0 N–H and O–H groups in total. The molecule has 0 spiro atoms. The van der Waals surface area contributed by atoms with Crippen molar-refractivity contribution in [3.63, 3.8) is 0 Å². The summed E-state index contributed by atoms with van der Waals surface area (Å²) in [4.78, 5) is 11.4. The number of Topliss-reactive ketones (excluding diaryl/α,β-unsaturated/α-hetero) is 1. The summed E-state index contributed by atoms with van der Waals surface area (Å²) in [5.74, 6) is 2.01. The smallest absolute Gasteiger partial charge is 0.135 e. The Kier molecular flexibility index (Phi) is 3.02. The first-order valence-electron chi connectivity index (χ1n) is 5.89. The maximum absolute atomic E-state index is 11.4. The van der Waals surface area contributed by atoms with Crippen LogP contribution >= 0.6 is 0 Å². The van der Waals surface area contributed by atoms with E-state index >= 15 is 0 Å². The second-order valence-electron chi connectivity index (χ2n) is 4.78. The third-order valence-corrected chi connectivity index (χ3v) is 3.54. The van der Waals surface area contributed by atoms with Crippen LogP contribution in [0, 0.1) is 11.8 Å². The molecule has 1 nitrogen and oxygen atoms in total. The van der Waals surface area contributed by atoms with E-state index < -0.39 is 0 Å². The average molecular weight is 180 g/mol. The molecule has 2 aliphatic carbocycles. The van der Waals surface area contributed by atoms with Crippen molar-refractivity contribution in [3.05, 3.63) is 0 Å². The first-order valence-corrected chi connectivity index (χ1v) is 5.89. The first-order chi connectivity index (χ1) is 6.36. The van der Waals surface area contributed by atoms with E-state index in [9.17, 15) is 4.79 Å². The second-order valence-corrected chi connectivity index (χ2v) is 4.78. The third-order valence-electron chi connectivity index (χ3n) is 3.54. The molecule has 0 radical (unpaired) electrons. The molecule has 0 amide bonds. The summed E-state index contributed by atoms with van der Waals surface area (Å²) in [6.07, 6.45) is 11.4. The molecular weight excluding hydrogens is 160 g/mol. The highest BCUT2D eigenvalue weighted by Gasteiger charge is 2.28. The molecule has 0 aliphatic heterocycles. The van der Waals surface area contributed by atoms with Crippen molar-refractivity contribution < 1.29 is 4.79 Å². The Morgan fingerprint density at radius 2 is 1.77 bits per heavy atom. The van der Waals surface area contributed by atoms with Crippen LogP contribution in [0.1, 0.15) is 57.8 Å². The fraction of sp³-hybridized carbons (Fsp3) is 0.917. The van der Waals surface area contributed by atoms with Crippen LogP contribution in [0.3, 0.4) is 0 Å². The molecule has 1 heteroatoms. The third kappa shape index (κ3) is 2.82. The second kappa shape index (κ2) is 4.26. The van der Waals surface area contributed by atoms with Crippen LogP contribution in [-0.2, 0) is 4.79 Å². The van der Waals surface area contributed by atoms with Gasteiger partial charge in [-0.15, -0.1) is 0 Å². The predicted octanol–water partition coefficient (Wildman–Crippen LogP) is 3.33. The molecule has 74 valence electrons. The molecule has 0 aromatic heterocycles. The van der Waals surface area contributed by atoms with Crippen molar-refractivity contribution >= 4 is 5.78 Å². The van der Waals surface area contributed by atoms with Crippen molar-refractivity contribution in [1.82, 2.24) is 0 Å². The minimum atomic E-state index is 0.489. The number of ketones is 1. The topological polar surface area (TPSA) is 17.1 Å². The zero-order valence-electron chi connectivity index (χ0n) is 8.43. The number of hydrogen-bond acceptors (Lipinski definition) is 1. The molecule has 2 rings (SSSR count). The van der Waals surface area contributed by atoms with E-state index in [2.05, 4.69) is 0 Å². The summed E-state index contributed by atoms with van der Waals surface area (Å²) < 4.78 is 0. The van der Waals surface area contributed by atoms with Gasteiger partial charge in [-0.05, 0) is 25.2 Å². The van der Waals surface area contributed by atoms with Gasteiger partial charge in [0.15, 0.2) is 0 Å². The van der Waals surface area contributed by atoms with Gasteiger partial charge < -0.3 is 0 Å². The molecule has 0 aromatic rings. The van der Waals surface area contributed by atoms with Gasteiger partial charge in [-0.1, -0.05) is 32.1 Å². The highest BCUT2D eigenvalue weighted by Crippen LogP contribution is 2.33. The largest absolute Gasteiger partial charge is 0.299 e. The number of carbonyl (C=O) groups is 1. The lowest BCUT2D eigenvalue weighted by Gasteiger charge is -2.06. The standard InChI is InChI=1S/C12H20O/c13-12(11-8-9-11)7-3-6-10-4-1-2-5-10/h10-11H,1-9H2.